The van der Waals surface area contributed by atoms with Crippen molar-refractivity contribution >= 4 is 49.7 Å². The summed E-state index contributed by atoms with van der Waals surface area (Å²) >= 11 is 7.66. The van der Waals surface area contributed by atoms with Gasteiger partial charge < -0.3 is 4.74 Å². The Morgan fingerprint density at radius 2 is 1.82 bits per heavy atom. The monoisotopic (exact) mass is 505 g/mol. The number of aromatic nitrogens is 1. The molecule has 4 rings (SSSR count). The van der Waals surface area contributed by atoms with Crippen LogP contribution < -0.4 is 4.90 Å². The van der Waals surface area contributed by atoms with E-state index in [0.717, 1.165) is 5.69 Å². The number of carbonyl (C=O) groups is 1. The SMILES string of the molecule is Cc1csc(N(C(=O)c2ccc(Cl)c(S(=O)(=O)N3CC(C)OC(C)C3)c2)c2ccccc2)n1. The second kappa shape index (κ2) is 9.52. The molecule has 33 heavy (non-hydrogen) atoms. The maximum Gasteiger partial charge on any atom is 0.264 e. The first-order chi connectivity index (χ1) is 15.7. The fourth-order valence-electron chi connectivity index (χ4n) is 3.77. The average molecular weight is 506 g/mol. The molecular formula is C23H24ClN3O4S2. The Balaban J connectivity index is 1.75. The van der Waals surface area contributed by atoms with Crippen LogP contribution in [0, 0.1) is 6.92 Å². The summed E-state index contributed by atoms with van der Waals surface area (Å²) in [6, 6.07) is 13.5. The van der Waals surface area contributed by atoms with E-state index in [1.165, 1.54) is 38.7 Å². The summed E-state index contributed by atoms with van der Waals surface area (Å²) in [5, 5.41) is 2.42. The zero-order valence-electron chi connectivity index (χ0n) is 18.4. The van der Waals surface area contributed by atoms with Crippen LogP contribution in [0.2, 0.25) is 5.02 Å². The van der Waals surface area contributed by atoms with Crippen molar-refractivity contribution in [3.05, 3.63) is 70.2 Å². The molecule has 10 heteroatoms. The number of benzene rings is 2. The molecule has 1 fully saturated rings. The molecule has 0 bridgehead atoms. The van der Waals surface area contributed by atoms with Crippen molar-refractivity contribution in [2.75, 3.05) is 18.0 Å². The van der Waals surface area contributed by atoms with Gasteiger partial charge in [-0.25, -0.2) is 13.4 Å². The van der Waals surface area contributed by atoms with Gasteiger partial charge in [-0.15, -0.1) is 11.3 Å². The molecule has 7 nitrogen and oxygen atoms in total. The number of thiazole rings is 1. The average Bonchev–Trinajstić information content (AvgIpc) is 3.19. The number of anilines is 2. The Bertz CT molecular complexity index is 1250. The Labute approximate surface area is 202 Å². The third-order valence-electron chi connectivity index (χ3n) is 5.20. The van der Waals surface area contributed by atoms with E-state index in [0.29, 0.717) is 10.8 Å². The first kappa shape index (κ1) is 23.8. The molecule has 0 aliphatic carbocycles. The van der Waals surface area contributed by atoms with E-state index < -0.39 is 15.9 Å². The number of morpholine rings is 1. The predicted octanol–water partition coefficient (Wildman–Crippen LogP) is 4.88. The predicted molar refractivity (Wildman–Crippen MR) is 130 cm³/mol. The number of sulfonamides is 1. The molecule has 1 aromatic heterocycles. The molecule has 2 heterocycles. The summed E-state index contributed by atoms with van der Waals surface area (Å²) < 4.78 is 33.9. The van der Waals surface area contributed by atoms with Crippen LogP contribution in [0.5, 0.6) is 0 Å². The summed E-state index contributed by atoms with van der Waals surface area (Å²) in [5.74, 6) is -0.396. The van der Waals surface area contributed by atoms with Gasteiger partial charge in [0.15, 0.2) is 5.13 Å². The number of aryl methyl sites for hydroxylation is 1. The minimum absolute atomic E-state index is 0.0645. The molecule has 1 aliphatic heterocycles. The highest BCUT2D eigenvalue weighted by atomic mass is 35.5. The van der Waals surface area contributed by atoms with Gasteiger partial charge in [-0.2, -0.15) is 4.31 Å². The minimum Gasteiger partial charge on any atom is -0.373 e. The van der Waals surface area contributed by atoms with E-state index in [1.807, 2.05) is 44.4 Å². The van der Waals surface area contributed by atoms with E-state index >= 15 is 0 Å². The Morgan fingerprint density at radius 3 is 2.42 bits per heavy atom. The molecule has 174 valence electrons. The highest BCUT2D eigenvalue weighted by molar-refractivity contribution is 7.89. The second-order valence-electron chi connectivity index (χ2n) is 7.97. The van der Waals surface area contributed by atoms with Crippen LogP contribution in [0.3, 0.4) is 0 Å². The summed E-state index contributed by atoms with van der Waals surface area (Å²) in [6.07, 6.45) is -0.484. The number of hydrogen-bond acceptors (Lipinski definition) is 6. The summed E-state index contributed by atoms with van der Waals surface area (Å²) in [6.45, 7) is 5.94. The van der Waals surface area contributed by atoms with Gasteiger partial charge in [0.1, 0.15) is 4.90 Å². The molecule has 1 aliphatic rings. The number of ether oxygens (including phenoxy) is 1. The molecular weight excluding hydrogens is 482 g/mol. The van der Waals surface area contributed by atoms with Crippen LogP contribution in [0.4, 0.5) is 10.8 Å². The topological polar surface area (TPSA) is 79.8 Å². The van der Waals surface area contributed by atoms with Crippen LogP contribution in [0.15, 0.2) is 58.8 Å². The van der Waals surface area contributed by atoms with Gasteiger partial charge >= 0.3 is 0 Å². The molecule has 1 saturated heterocycles. The van der Waals surface area contributed by atoms with Crippen molar-refractivity contribution in [1.82, 2.24) is 9.29 Å². The largest absolute Gasteiger partial charge is 0.373 e. The summed E-state index contributed by atoms with van der Waals surface area (Å²) in [7, 11) is -3.93. The maximum atomic E-state index is 13.6. The van der Waals surface area contributed by atoms with E-state index in [4.69, 9.17) is 16.3 Å². The number of carbonyl (C=O) groups excluding carboxylic acids is 1. The molecule has 0 N–H and O–H groups in total. The zero-order chi connectivity index (χ0) is 23.8. The number of amides is 1. The van der Waals surface area contributed by atoms with Crippen molar-refractivity contribution in [3.8, 4) is 0 Å². The third kappa shape index (κ3) is 4.97. The smallest absolute Gasteiger partial charge is 0.264 e. The Morgan fingerprint density at radius 1 is 1.15 bits per heavy atom. The third-order valence-corrected chi connectivity index (χ3v) is 8.45. The van der Waals surface area contributed by atoms with Gasteiger partial charge in [-0.05, 0) is 51.1 Å². The zero-order valence-corrected chi connectivity index (χ0v) is 20.8. The van der Waals surface area contributed by atoms with Crippen molar-refractivity contribution in [1.29, 1.82) is 0 Å². The number of nitrogens with zero attached hydrogens (tertiary/aromatic N) is 3. The normalized spacial score (nSPS) is 19.4. The van der Waals surface area contributed by atoms with Crippen LogP contribution in [0.25, 0.3) is 0 Å². The molecule has 0 radical (unpaired) electrons. The molecule has 3 aromatic rings. The quantitative estimate of drug-likeness (QED) is 0.493. The lowest BCUT2D eigenvalue weighted by atomic mass is 10.2. The first-order valence-electron chi connectivity index (χ1n) is 10.4. The van der Waals surface area contributed by atoms with E-state index in [1.54, 1.807) is 12.1 Å². The number of halogens is 1. The van der Waals surface area contributed by atoms with Crippen LogP contribution in [0.1, 0.15) is 29.9 Å². The standard InChI is InChI=1S/C23H24ClN3O4S2/c1-15-14-32-23(25-15)27(19-7-5-4-6-8-19)22(28)18-9-10-20(24)21(11-18)33(29,30)26-12-16(2)31-17(3)13-26/h4-11,14,16-17H,12-13H2,1-3H3. The molecule has 2 aromatic carbocycles. The van der Waals surface area contributed by atoms with E-state index in [-0.39, 0.29) is 40.8 Å². The number of para-hydroxylation sites is 1. The van der Waals surface area contributed by atoms with E-state index in [2.05, 4.69) is 4.98 Å². The lowest BCUT2D eigenvalue weighted by Gasteiger charge is -2.34. The fourth-order valence-corrected chi connectivity index (χ4v) is 6.68. The van der Waals surface area contributed by atoms with Crippen molar-refractivity contribution in [2.24, 2.45) is 0 Å². The van der Waals surface area contributed by atoms with Crippen LogP contribution in [-0.4, -0.2) is 48.9 Å². The number of rotatable bonds is 5. The van der Waals surface area contributed by atoms with Crippen molar-refractivity contribution in [3.63, 3.8) is 0 Å². The van der Waals surface area contributed by atoms with Gasteiger partial charge in [0.2, 0.25) is 10.0 Å². The highest BCUT2D eigenvalue weighted by Gasteiger charge is 2.34. The van der Waals surface area contributed by atoms with Gasteiger partial charge in [-0.1, -0.05) is 29.8 Å². The first-order valence-corrected chi connectivity index (χ1v) is 13.1. The van der Waals surface area contributed by atoms with Crippen LogP contribution in [-0.2, 0) is 14.8 Å². The molecule has 0 saturated carbocycles. The second-order valence-corrected chi connectivity index (χ2v) is 11.1. The van der Waals surface area contributed by atoms with Gasteiger partial charge in [0.25, 0.3) is 5.91 Å². The number of hydrogen-bond donors (Lipinski definition) is 0. The maximum absolute atomic E-state index is 13.6. The summed E-state index contributed by atoms with van der Waals surface area (Å²) in [5.41, 5.74) is 1.62. The van der Waals surface area contributed by atoms with Gasteiger partial charge in [-0.3, -0.25) is 9.69 Å². The Hall–Kier alpha value is -2.30. The lowest BCUT2D eigenvalue weighted by Crippen LogP contribution is -2.48. The molecule has 0 spiro atoms. The van der Waals surface area contributed by atoms with Crippen molar-refractivity contribution < 1.29 is 17.9 Å². The summed E-state index contributed by atoms with van der Waals surface area (Å²) in [4.78, 5) is 19.5. The van der Waals surface area contributed by atoms with E-state index in [9.17, 15) is 13.2 Å². The minimum atomic E-state index is -3.93. The Kier molecular flexibility index (Phi) is 6.88. The molecule has 2 atom stereocenters. The molecule has 1 amide bonds. The molecule has 2 unspecified atom stereocenters. The van der Waals surface area contributed by atoms with Gasteiger partial charge in [0.05, 0.1) is 28.6 Å². The highest BCUT2D eigenvalue weighted by Crippen LogP contribution is 2.33. The van der Waals surface area contributed by atoms with Crippen molar-refractivity contribution in [2.45, 2.75) is 37.9 Å². The van der Waals surface area contributed by atoms with Crippen LogP contribution >= 0.6 is 22.9 Å². The fraction of sp³-hybridized carbons (Fsp3) is 0.304. The van der Waals surface area contributed by atoms with Gasteiger partial charge in [0, 0.05) is 24.0 Å². The lowest BCUT2D eigenvalue weighted by molar-refractivity contribution is -0.0440.